The number of hydrogen-bond acceptors (Lipinski definition) is 2. The summed E-state index contributed by atoms with van der Waals surface area (Å²) in [4.78, 5) is 4.76. The predicted octanol–water partition coefficient (Wildman–Crippen LogP) is 4.24. The molecule has 0 radical (unpaired) electrons. The molecule has 3 unspecified atom stereocenters. The maximum absolute atomic E-state index is 6.37. The second kappa shape index (κ2) is 5.38. The monoisotopic (exact) mass is 292 g/mol. The minimum atomic E-state index is -0.0911. The van der Waals surface area contributed by atoms with Crippen LogP contribution in [0.1, 0.15) is 43.1 Å². The molecule has 20 heavy (non-hydrogen) atoms. The van der Waals surface area contributed by atoms with Gasteiger partial charge in [0.2, 0.25) is 0 Å². The van der Waals surface area contributed by atoms with Gasteiger partial charge in [0.05, 0.1) is 23.0 Å². The van der Waals surface area contributed by atoms with Crippen LogP contribution in [0.2, 0.25) is 0 Å². The van der Waals surface area contributed by atoms with Gasteiger partial charge in [-0.05, 0) is 38.8 Å². The highest BCUT2D eigenvalue weighted by atomic mass is 35.5. The SMILES string of the molecule is Cc1cccc2nc(C(C)Cl)n(C(C)C3CCOC3)c12. The van der Waals surface area contributed by atoms with E-state index in [1.54, 1.807) is 0 Å². The number of aryl methyl sites for hydroxylation is 1. The molecule has 1 fully saturated rings. The zero-order valence-corrected chi connectivity index (χ0v) is 13.0. The number of ether oxygens (including phenoxy) is 1. The maximum atomic E-state index is 6.37. The fourth-order valence-corrected chi connectivity index (χ4v) is 3.33. The summed E-state index contributed by atoms with van der Waals surface area (Å²) in [6, 6.07) is 6.63. The van der Waals surface area contributed by atoms with Crippen LogP contribution >= 0.6 is 11.6 Å². The van der Waals surface area contributed by atoms with Gasteiger partial charge in [-0.3, -0.25) is 0 Å². The van der Waals surface area contributed by atoms with Crippen LogP contribution in [0.4, 0.5) is 0 Å². The molecular weight excluding hydrogens is 272 g/mol. The molecule has 3 rings (SSSR count). The number of fused-ring (bicyclic) bond motifs is 1. The maximum Gasteiger partial charge on any atom is 0.127 e. The van der Waals surface area contributed by atoms with Gasteiger partial charge in [0, 0.05) is 18.6 Å². The molecule has 1 aromatic carbocycles. The third kappa shape index (κ3) is 2.23. The Balaban J connectivity index is 2.17. The van der Waals surface area contributed by atoms with Crippen LogP contribution in [0.15, 0.2) is 18.2 Å². The molecule has 0 spiro atoms. The van der Waals surface area contributed by atoms with E-state index in [0.29, 0.717) is 12.0 Å². The average Bonchev–Trinajstić information content (AvgIpc) is 3.06. The number of imidazole rings is 1. The van der Waals surface area contributed by atoms with Crippen LogP contribution in [-0.2, 0) is 4.74 Å². The molecule has 2 heterocycles. The fourth-order valence-electron chi connectivity index (χ4n) is 3.18. The van der Waals surface area contributed by atoms with E-state index >= 15 is 0 Å². The summed E-state index contributed by atoms with van der Waals surface area (Å²) in [5, 5.41) is -0.0911. The van der Waals surface area contributed by atoms with Crippen molar-refractivity contribution in [1.82, 2.24) is 9.55 Å². The second-order valence-electron chi connectivity index (χ2n) is 5.76. The van der Waals surface area contributed by atoms with Gasteiger partial charge < -0.3 is 9.30 Å². The van der Waals surface area contributed by atoms with Crippen LogP contribution in [0, 0.1) is 12.8 Å². The first-order valence-corrected chi connectivity index (χ1v) is 7.72. The number of rotatable bonds is 3. The Hall–Kier alpha value is -1.06. The third-order valence-electron chi connectivity index (χ3n) is 4.35. The Morgan fingerprint density at radius 1 is 1.40 bits per heavy atom. The minimum absolute atomic E-state index is 0.0911. The van der Waals surface area contributed by atoms with Crippen molar-refractivity contribution in [3.05, 3.63) is 29.6 Å². The Morgan fingerprint density at radius 3 is 2.85 bits per heavy atom. The van der Waals surface area contributed by atoms with Crippen molar-refractivity contribution in [3.8, 4) is 0 Å². The number of halogens is 1. The van der Waals surface area contributed by atoms with Gasteiger partial charge in [-0.25, -0.2) is 4.98 Å². The zero-order chi connectivity index (χ0) is 14.3. The minimum Gasteiger partial charge on any atom is -0.381 e. The summed E-state index contributed by atoms with van der Waals surface area (Å²) in [6.07, 6.45) is 1.11. The molecule has 1 aliphatic heterocycles. The van der Waals surface area contributed by atoms with E-state index < -0.39 is 0 Å². The summed E-state index contributed by atoms with van der Waals surface area (Å²) in [7, 11) is 0. The Morgan fingerprint density at radius 2 is 2.20 bits per heavy atom. The Kier molecular flexibility index (Phi) is 3.74. The highest BCUT2D eigenvalue weighted by Crippen LogP contribution is 2.35. The number of para-hydroxylation sites is 1. The topological polar surface area (TPSA) is 27.1 Å². The van der Waals surface area contributed by atoms with E-state index in [4.69, 9.17) is 21.3 Å². The molecule has 1 aliphatic rings. The van der Waals surface area contributed by atoms with Crippen LogP contribution in [0.25, 0.3) is 11.0 Å². The predicted molar refractivity (Wildman–Crippen MR) is 82.4 cm³/mol. The summed E-state index contributed by atoms with van der Waals surface area (Å²) >= 11 is 6.37. The van der Waals surface area contributed by atoms with Crippen molar-refractivity contribution in [2.24, 2.45) is 5.92 Å². The van der Waals surface area contributed by atoms with Gasteiger partial charge in [-0.15, -0.1) is 11.6 Å². The van der Waals surface area contributed by atoms with Gasteiger partial charge >= 0.3 is 0 Å². The van der Waals surface area contributed by atoms with Gasteiger partial charge in [-0.1, -0.05) is 12.1 Å². The summed E-state index contributed by atoms with van der Waals surface area (Å²) < 4.78 is 7.89. The lowest BCUT2D eigenvalue weighted by Gasteiger charge is -2.24. The molecule has 4 heteroatoms. The number of aromatic nitrogens is 2. The molecule has 0 bridgehead atoms. The van der Waals surface area contributed by atoms with E-state index in [1.807, 2.05) is 6.92 Å². The number of benzene rings is 1. The summed E-state index contributed by atoms with van der Waals surface area (Å²) in [5.74, 6) is 1.51. The normalized spacial score (nSPS) is 22.3. The molecule has 3 nitrogen and oxygen atoms in total. The van der Waals surface area contributed by atoms with Crippen LogP contribution in [0.3, 0.4) is 0 Å². The molecule has 1 aromatic heterocycles. The molecule has 2 aromatic rings. The van der Waals surface area contributed by atoms with Crippen LogP contribution in [0.5, 0.6) is 0 Å². The van der Waals surface area contributed by atoms with E-state index in [1.165, 1.54) is 11.1 Å². The van der Waals surface area contributed by atoms with E-state index in [2.05, 4.69) is 36.6 Å². The third-order valence-corrected chi connectivity index (χ3v) is 4.54. The van der Waals surface area contributed by atoms with Crippen molar-refractivity contribution in [2.45, 2.75) is 38.6 Å². The van der Waals surface area contributed by atoms with Gasteiger partial charge in [-0.2, -0.15) is 0 Å². The highest BCUT2D eigenvalue weighted by Gasteiger charge is 2.28. The molecule has 0 aliphatic carbocycles. The lowest BCUT2D eigenvalue weighted by Crippen LogP contribution is -2.19. The molecular formula is C16H21ClN2O. The highest BCUT2D eigenvalue weighted by molar-refractivity contribution is 6.20. The second-order valence-corrected chi connectivity index (χ2v) is 6.42. The molecule has 3 atom stereocenters. The molecule has 108 valence electrons. The standard InChI is InChI=1S/C16H21ClN2O/c1-10-5-4-6-14-15(10)19(16(18-14)11(2)17)12(3)13-7-8-20-9-13/h4-6,11-13H,7-9H2,1-3H3. The first-order valence-electron chi connectivity index (χ1n) is 7.29. The lowest BCUT2D eigenvalue weighted by molar-refractivity contribution is 0.175. The molecule has 0 saturated carbocycles. The van der Waals surface area contributed by atoms with Gasteiger partial charge in [0.25, 0.3) is 0 Å². The van der Waals surface area contributed by atoms with E-state index in [9.17, 15) is 0 Å². The van der Waals surface area contributed by atoms with Crippen molar-refractivity contribution < 1.29 is 4.74 Å². The van der Waals surface area contributed by atoms with Crippen molar-refractivity contribution in [1.29, 1.82) is 0 Å². The largest absolute Gasteiger partial charge is 0.381 e. The first-order chi connectivity index (χ1) is 9.59. The molecule has 0 amide bonds. The van der Waals surface area contributed by atoms with Gasteiger partial charge in [0.1, 0.15) is 5.82 Å². The first kappa shape index (κ1) is 13.9. The molecule has 0 N–H and O–H groups in total. The van der Waals surface area contributed by atoms with Crippen molar-refractivity contribution >= 4 is 22.6 Å². The number of hydrogen-bond donors (Lipinski definition) is 0. The van der Waals surface area contributed by atoms with Crippen molar-refractivity contribution in [2.75, 3.05) is 13.2 Å². The molecule has 1 saturated heterocycles. The van der Waals surface area contributed by atoms with Crippen molar-refractivity contribution in [3.63, 3.8) is 0 Å². The zero-order valence-electron chi connectivity index (χ0n) is 12.3. The van der Waals surface area contributed by atoms with Gasteiger partial charge in [0.15, 0.2) is 0 Å². The van der Waals surface area contributed by atoms with E-state index in [0.717, 1.165) is 31.0 Å². The summed E-state index contributed by atoms with van der Waals surface area (Å²) in [6.45, 7) is 8.10. The lowest BCUT2D eigenvalue weighted by atomic mass is 9.99. The van der Waals surface area contributed by atoms with Crippen LogP contribution < -0.4 is 0 Å². The number of alkyl halides is 1. The van der Waals surface area contributed by atoms with Crippen LogP contribution in [-0.4, -0.2) is 22.8 Å². The fraction of sp³-hybridized carbons (Fsp3) is 0.562. The van der Waals surface area contributed by atoms with E-state index in [-0.39, 0.29) is 5.38 Å². The Labute approximate surface area is 124 Å². The quantitative estimate of drug-likeness (QED) is 0.791. The Bertz CT molecular complexity index is 614. The average molecular weight is 293 g/mol. The summed E-state index contributed by atoms with van der Waals surface area (Å²) in [5.41, 5.74) is 3.51. The number of nitrogens with zero attached hydrogens (tertiary/aromatic N) is 2. The smallest absolute Gasteiger partial charge is 0.127 e.